The first-order valence-corrected chi connectivity index (χ1v) is 4.30. The van der Waals surface area contributed by atoms with Gasteiger partial charge in [0.05, 0.1) is 30.2 Å². The summed E-state index contributed by atoms with van der Waals surface area (Å²) in [4.78, 5) is 10.3. The second-order valence-electron chi connectivity index (χ2n) is 3.01. The number of aliphatic hydroxyl groups excluding tert-OH is 2. The summed E-state index contributed by atoms with van der Waals surface area (Å²) in [6, 6.07) is 0. The normalized spacial score (nSPS) is 14.1. The Hall–Kier alpha value is -1.69. The average Bonchev–Trinajstić information content (AvgIpc) is 2.24. The van der Waals surface area contributed by atoms with E-state index in [1.165, 1.54) is 12.4 Å². The van der Waals surface area contributed by atoms with Gasteiger partial charge in [0, 0.05) is 11.1 Å². The summed E-state index contributed by atoms with van der Waals surface area (Å²) in [5.41, 5.74) is 8.95. The van der Waals surface area contributed by atoms with E-state index in [-0.39, 0.29) is 12.2 Å². The molecule has 2 atom stereocenters. The van der Waals surface area contributed by atoms with Gasteiger partial charge in [-0.05, 0) is 12.5 Å². The third-order valence-electron chi connectivity index (χ3n) is 1.77. The van der Waals surface area contributed by atoms with Gasteiger partial charge < -0.3 is 10.2 Å². The number of hydrogen-bond donors (Lipinski definition) is 2. The fourth-order valence-corrected chi connectivity index (χ4v) is 1.04. The highest BCUT2D eigenvalue weighted by Crippen LogP contribution is 2.14. The van der Waals surface area contributed by atoms with Crippen LogP contribution in [-0.4, -0.2) is 32.8 Å². The van der Waals surface area contributed by atoms with Crippen LogP contribution in [0.3, 0.4) is 0 Å². The van der Waals surface area contributed by atoms with Crippen molar-refractivity contribution in [2.75, 3.05) is 6.54 Å². The standard InChI is InChI=1S/C8H11N5O2/c1-5-2-10-3-6(12-5)8(15)7(14)4-11-13-9/h2-3,7-8,14-15H,4H2,1H3. The largest absolute Gasteiger partial charge is 0.390 e. The second-order valence-corrected chi connectivity index (χ2v) is 3.01. The third-order valence-corrected chi connectivity index (χ3v) is 1.77. The first-order chi connectivity index (χ1) is 7.15. The van der Waals surface area contributed by atoms with Crippen molar-refractivity contribution in [2.45, 2.75) is 19.1 Å². The van der Waals surface area contributed by atoms with Gasteiger partial charge in [-0.15, -0.1) is 0 Å². The Kier molecular flexibility index (Phi) is 3.99. The van der Waals surface area contributed by atoms with Gasteiger partial charge in [-0.25, -0.2) is 0 Å². The van der Waals surface area contributed by atoms with Crippen molar-refractivity contribution >= 4 is 0 Å². The molecule has 2 N–H and O–H groups in total. The zero-order valence-corrected chi connectivity index (χ0v) is 8.15. The topological polar surface area (TPSA) is 115 Å². The molecule has 80 valence electrons. The van der Waals surface area contributed by atoms with E-state index in [4.69, 9.17) is 5.53 Å². The summed E-state index contributed by atoms with van der Waals surface area (Å²) in [5.74, 6) is 0. The molecule has 0 bridgehead atoms. The SMILES string of the molecule is Cc1cncc(C(O)C(O)CN=[N+]=[N-])n1. The van der Waals surface area contributed by atoms with Crippen LogP contribution in [0, 0.1) is 6.92 Å². The molecule has 0 aromatic carbocycles. The Balaban J connectivity index is 2.75. The van der Waals surface area contributed by atoms with Crippen molar-refractivity contribution in [3.63, 3.8) is 0 Å². The molecule has 0 saturated heterocycles. The van der Waals surface area contributed by atoms with E-state index in [1.54, 1.807) is 6.92 Å². The van der Waals surface area contributed by atoms with Gasteiger partial charge in [0.1, 0.15) is 6.10 Å². The third kappa shape index (κ3) is 3.17. The summed E-state index contributed by atoms with van der Waals surface area (Å²) in [7, 11) is 0. The molecule has 0 amide bonds. The molecule has 0 aliphatic heterocycles. The predicted octanol–water partition coefficient (Wildman–Crippen LogP) is 0.490. The van der Waals surface area contributed by atoms with Crippen molar-refractivity contribution in [1.82, 2.24) is 9.97 Å². The highest BCUT2D eigenvalue weighted by atomic mass is 16.3. The van der Waals surface area contributed by atoms with Crippen LogP contribution in [0.15, 0.2) is 17.5 Å². The Labute approximate surface area is 86.1 Å². The average molecular weight is 209 g/mol. The maximum absolute atomic E-state index is 9.60. The van der Waals surface area contributed by atoms with E-state index in [2.05, 4.69) is 20.0 Å². The molecule has 0 saturated carbocycles. The number of azide groups is 1. The number of aromatic nitrogens is 2. The maximum atomic E-state index is 9.60. The zero-order valence-electron chi connectivity index (χ0n) is 8.15. The van der Waals surface area contributed by atoms with Crippen molar-refractivity contribution in [2.24, 2.45) is 5.11 Å². The van der Waals surface area contributed by atoms with Crippen LogP contribution in [0.2, 0.25) is 0 Å². The lowest BCUT2D eigenvalue weighted by Crippen LogP contribution is -2.22. The number of rotatable bonds is 4. The van der Waals surface area contributed by atoms with Crippen LogP contribution < -0.4 is 0 Å². The lowest BCUT2D eigenvalue weighted by molar-refractivity contribution is 0.0215. The van der Waals surface area contributed by atoms with Gasteiger partial charge in [0.15, 0.2) is 0 Å². The minimum absolute atomic E-state index is 0.201. The van der Waals surface area contributed by atoms with E-state index >= 15 is 0 Å². The molecule has 0 spiro atoms. The summed E-state index contributed by atoms with van der Waals surface area (Å²) in [6.45, 7) is 1.52. The lowest BCUT2D eigenvalue weighted by Gasteiger charge is -2.14. The highest BCUT2D eigenvalue weighted by Gasteiger charge is 2.19. The molecular formula is C8H11N5O2. The van der Waals surface area contributed by atoms with Crippen molar-refractivity contribution in [3.8, 4) is 0 Å². The highest BCUT2D eigenvalue weighted by molar-refractivity contribution is 5.06. The van der Waals surface area contributed by atoms with Gasteiger partial charge in [0.25, 0.3) is 0 Å². The lowest BCUT2D eigenvalue weighted by atomic mass is 10.1. The first kappa shape index (κ1) is 11.4. The number of nitrogens with zero attached hydrogens (tertiary/aromatic N) is 5. The molecule has 0 aliphatic rings. The molecule has 7 heteroatoms. The van der Waals surface area contributed by atoms with Gasteiger partial charge in [-0.1, -0.05) is 5.11 Å². The van der Waals surface area contributed by atoms with Gasteiger partial charge in [0.2, 0.25) is 0 Å². The minimum atomic E-state index is -1.19. The molecule has 1 heterocycles. The van der Waals surface area contributed by atoms with E-state index in [0.717, 1.165) is 0 Å². The zero-order chi connectivity index (χ0) is 11.3. The van der Waals surface area contributed by atoms with Gasteiger partial charge in [-0.3, -0.25) is 9.97 Å². The Morgan fingerprint density at radius 3 is 2.87 bits per heavy atom. The van der Waals surface area contributed by atoms with Crippen LogP contribution in [0.4, 0.5) is 0 Å². The van der Waals surface area contributed by atoms with Crippen LogP contribution >= 0.6 is 0 Å². The van der Waals surface area contributed by atoms with Crippen LogP contribution in [0.5, 0.6) is 0 Å². The first-order valence-electron chi connectivity index (χ1n) is 4.30. The molecule has 2 unspecified atom stereocenters. The van der Waals surface area contributed by atoms with E-state index < -0.39 is 12.2 Å². The molecule has 15 heavy (non-hydrogen) atoms. The number of aryl methyl sites for hydroxylation is 1. The molecular weight excluding hydrogens is 198 g/mol. The molecule has 1 rings (SSSR count). The van der Waals surface area contributed by atoms with Crippen LogP contribution in [-0.2, 0) is 0 Å². The van der Waals surface area contributed by atoms with Crippen molar-refractivity contribution < 1.29 is 10.2 Å². The fraction of sp³-hybridized carbons (Fsp3) is 0.500. The van der Waals surface area contributed by atoms with Gasteiger partial charge >= 0.3 is 0 Å². The van der Waals surface area contributed by atoms with Crippen LogP contribution in [0.25, 0.3) is 10.4 Å². The second kappa shape index (κ2) is 5.26. The quantitative estimate of drug-likeness (QED) is 0.426. The number of hydrogen-bond acceptors (Lipinski definition) is 5. The molecule has 0 aliphatic carbocycles. The van der Waals surface area contributed by atoms with E-state index in [1.807, 2.05) is 0 Å². The van der Waals surface area contributed by atoms with E-state index in [0.29, 0.717) is 5.69 Å². The summed E-state index contributed by atoms with van der Waals surface area (Å²) in [5, 5.41) is 22.2. The Bertz CT molecular complexity index is 377. The Morgan fingerprint density at radius 2 is 2.27 bits per heavy atom. The molecule has 0 radical (unpaired) electrons. The summed E-state index contributed by atoms with van der Waals surface area (Å²) in [6.07, 6.45) is 0.535. The fourth-order valence-electron chi connectivity index (χ4n) is 1.04. The number of aliphatic hydroxyl groups is 2. The maximum Gasteiger partial charge on any atom is 0.123 e. The van der Waals surface area contributed by atoms with E-state index in [9.17, 15) is 10.2 Å². The minimum Gasteiger partial charge on any atom is -0.390 e. The van der Waals surface area contributed by atoms with Gasteiger partial charge in [-0.2, -0.15) is 0 Å². The molecule has 1 aromatic rings. The molecule has 1 aromatic heterocycles. The molecule has 7 nitrogen and oxygen atoms in total. The smallest absolute Gasteiger partial charge is 0.123 e. The Morgan fingerprint density at radius 1 is 1.53 bits per heavy atom. The summed E-state index contributed by atoms with van der Waals surface area (Å²) < 4.78 is 0. The van der Waals surface area contributed by atoms with Crippen LogP contribution in [0.1, 0.15) is 17.5 Å². The summed E-state index contributed by atoms with van der Waals surface area (Å²) >= 11 is 0. The molecule has 0 fully saturated rings. The monoisotopic (exact) mass is 209 g/mol. The van der Waals surface area contributed by atoms with Crippen molar-refractivity contribution in [1.29, 1.82) is 0 Å². The van der Waals surface area contributed by atoms with Crippen molar-refractivity contribution in [3.05, 3.63) is 34.2 Å². The predicted molar refractivity (Wildman–Crippen MR) is 51.7 cm³/mol.